The highest BCUT2D eigenvalue weighted by atomic mass is 19.1. The maximum absolute atomic E-state index is 16.3. The highest BCUT2D eigenvalue weighted by Gasteiger charge is 2.40. The Hall–Kier alpha value is -4.60. The van der Waals surface area contributed by atoms with Gasteiger partial charge in [-0.1, -0.05) is 48.5 Å². The zero-order chi connectivity index (χ0) is 31.1. The summed E-state index contributed by atoms with van der Waals surface area (Å²) in [5.74, 6) is -0.331. The second-order valence-corrected chi connectivity index (χ2v) is 11.9. The van der Waals surface area contributed by atoms with E-state index in [1.165, 1.54) is 35.8 Å². The number of nitrogens with one attached hydrogen (secondary N) is 1. The molecule has 1 saturated heterocycles. The fourth-order valence-electron chi connectivity index (χ4n) is 6.64. The van der Waals surface area contributed by atoms with Gasteiger partial charge in [0.05, 0.1) is 16.6 Å². The summed E-state index contributed by atoms with van der Waals surface area (Å²) in [5, 5.41) is 0. The maximum atomic E-state index is 16.3. The van der Waals surface area contributed by atoms with Crippen LogP contribution in [0.25, 0.3) is 22.2 Å². The molecule has 230 valence electrons. The van der Waals surface area contributed by atoms with E-state index in [9.17, 15) is 9.18 Å². The molecule has 0 aliphatic carbocycles. The standard InChI is InChI=1S/C36H34F2N4O3/c1-41-17-15-23(16-18-41)22-7-9-24(10-8-22)27-13-11-25-20-42(36(43)32(25)33(27)38)34(35-39-29-5-3-4-6-30(29)40-35)28-19-26(37)12-14-31(28)45-21-44-2/h3-14,19,23,34H,15-18,20-21H2,1-2H3,(H,39,40). The molecule has 9 heteroatoms. The van der Waals surface area contributed by atoms with E-state index in [1.54, 1.807) is 12.1 Å². The van der Waals surface area contributed by atoms with E-state index in [4.69, 9.17) is 14.5 Å². The fourth-order valence-corrected chi connectivity index (χ4v) is 6.64. The molecule has 2 aliphatic heterocycles. The zero-order valence-corrected chi connectivity index (χ0v) is 25.2. The number of piperidine rings is 1. The molecule has 7 nitrogen and oxygen atoms in total. The summed E-state index contributed by atoms with van der Waals surface area (Å²) in [7, 11) is 3.63. The number of ether oxygens (including phenoxy) is 2. The summed E-state index contributed by atoms with van der Waals surface area (Å²) in [5.41, 5.74) is 4.74. The number of likely N-dealkylation sites (tertiary alicyclic amines) is 1. The van der Waals surface area contributed by atoms with E-state index in [0.717, 1.165) is 31.4 Å². The Labute approximate surface area is 260 Å². The van der Waals surface area contributed by atoms with Gasteiger partial charge >= 0.3 is 0 Å². The maximum Gasteiger partial charge on any atom is 0.258 e. The molecule has 1 fully saturated rings. The minimum atomic E-state index is -0.892. The molecule has 2 aliphatic rings. The van der Waals surface area contributed by atoms with E-state index >= 15 is 4.39 Å². The first-order chi connectivity index (χ1) is 21.9. The average Bonchev–Trinajstić information content (AvgIpc) is 3.63. The Morgan fingerprint density at radius 2 is 1.78 bits per heavy atom. The lowest BCUT2D eigenvalue weighted by Crippen LogP contribution is -2.31. The van der Waals surface area contributed by atoms with Gasteiger partial charge in [0.25, 0.3) is 5.91 Å². The lowest BCUT2D eigenvalue weighted by atomic mass is 9.88. The van der Waals surface area contributed by atoms with Crippen LogP contribution < -0.4 is 4.74 Å². The number of para-hydroxylation sites is 2. The molecular formula is C36H34F2N4O3. The monoisotopic (exact) mass is 608 g/mol. The number of halogens is 2. The number of aromatic nitrogens is 2. The number of imidazole rings is 1. The van der Waals surface area contributed by atoms with Crippen molar-refractivity contribution in [2.45, 2.75) is 31.3 Å². The molecule has 1 unspecified atom stereocenters. The van der Waals surface area contributed by atoms with Gasteiger partial charge in [0.15, 0.2) is 6.79 Å². The smallest absolute Gasteiger partial charge is 0.258 e. The third-order valence-corrected chi connectivity index (χ3v) is 9.03. The Morgan fingerprint density at radius 3 is 2.53 bits per heavy atom. The number of methoxy groups -OCH3 is 1. The second-order valence-electron chi connectivity index (χ2n) is 11.9. The molecule has 5 aromatic rings. The molecule has 45 heavy (non-hydrogen) atoms. The third kappa shape index (κ3) is 5.47. The molecule has 0 bridgehead atoms. The van der Waals surface area contributed by atoms with Gasteiger partial charge in [-0.25, -0.2) is 13.8 Å². The van der Waals surface area contributed by atoms with Crippen LogP contribution in [0.1, 0.15) is 57.7 Å². The number of hydrogen-bond donors (Lipinski definition) is 1. The van der Waals surface area contributed by atoms with E-state index in [2.05, 4.69) is 29.1 Å². The Morgan fingerprint density at radius 1 is 1.00 bits per heavy atom. The molecule has 3 heterocycles. The van der Waals surface area contributed by atoms with Crippen LogP contribution in [-0.4, -0.2) is 59.7 Å². The highest BCUT2D eigenvalue weighted by Crippen LogP contribution is 2.42. The third-order valence-electron chi connectivity index (χ3n) is 9.03. The molecule has 1 atom stereocenters. The molecule has 0 spiro atoms. The Balaban J connectivity index is 1.26. The summed E-state index contributed by atoms with van der Waals surface area (Å²) in [6, 6.07) is 22.3. The van der Waals surface area contributed by atoms with Gasteiger partial charge in [0.2, 0.25) is 0 Å². The number of hydrogen-bond acceptors (Lipinski definition) is 5. The summed E-state index contributed by atoms with van der Waals surface area (Å²) in [4.78, 5) is 26.1. The Kier molecular flexibility index (Phi) is 7.81. The minimum absolute atomic E-state index is 0.0174. The van der Waals surface area contributed by atoms with Crippen LogP contribution in [0.2, 0.25) is 0 Å². The van der Waals surface area contributed by atoms with E-state index in [-0.39, 0.29) is 18.9 Å². The van der Waals surface area contributed by atoms with E-state index in [1.807, 2.05) is 36.4 Å². The van der Waals surface area contributed by atoms with Crippen molar-refractivity contribution >= 4 is 16.9 Å². The summed E-state index contributed by atoms with van der Waals surface area (Å²) < 4.78 is 42.0. The molecular weight excluding hydrogens is 574 g/mol. The van der Waals surface area contributed by atoms with Gasteiger partial charge in [-0.2, -0.15) is 0 Å². The molecule has 7 rings (SSSR count). The molecule has 0 radical (unpaired) electrons. The number of carbonyl (C=O) groups is 1. The molecule has 1 N–H and O–H groups in total. The van der Waals surface area contributed by atoms with Crippen LogP contribution in [0.3, 0.4) is 0 Å². The van der Waals surface area contributed by atoms with Gasteiger partial charge < -0.3 is 24.3 Å². The average molecular weight is 609 g/mol. The van der Waals surface area contributed by atoms with Crippen molar-refractivity contribution in [2.24, 2.45) is 0 Å². The van der Waals surface area contributed by atoms with Crippen LogP contribution in [0.15, 0.2) is 78.9 Å². The van der Waals surface area contributed by atoms with Crippen LogP contribution in [0, 0.1) is 11.6 Å². The van der Waals surface area contributed by atoms with Gasteiger partial charge in [-0.05, 0) is 85.9 Å². The van der Waals surface area contributed by atoms with Crippen molar-refractivity contribution in [1.29, 1.82) is 0 Å². The highest BCUT2D eigenvalue weighted by molar-refractivity contribution is 6.00. The Bertz CT molecular complexity index is 1830. The summed E-state index contributed by atoms with van der Waals surface area (Å²) in [6.07, 6.45) is 2.20. The molecule has 1 amide bonds. The van der Waals surface area contributed by atoms with Crippen LogP contribution in [0.4, 0.5) is 8.78 Å². The van der Waals surface area contributed by atoms with Crippen molar-refractivity contribution in [3.8, 4) is 16.9 Å². The quantitative estimate of drug-likeness (QED) is 0.191. The van der Waals surface area contributed by atoms with Crippen molar-refractivity contribution in [3.05, 3.63) is 119 Å². The van der Waals surface area contributed by atoms with Crippen LogP contribution in [-0.2, 0) is 11.3 Å². The van der Waals surface area contributed by atoms with Crippen molar-refractivity contribution in [2.75, 3.05) is 34.0 Å². The normalized spacial score (nSPS) is 16.4. The van der Waals surface area contributed by atoms with Crippen LogP contribution >= 0.6 is 0 Å². The summed E-state index contributed by atoms with van der Waals surface area (Å²) in [6.45, 7) is 2.17. The number of fused-ring (bicyclic) bond motifs is 2. The van der Waals surface area contributed by atoms with E-state index in [0.29, 0.717) is 45.3 Å². The largest absolute Gasteiger partial charge is 0.467 e. The topological polar surface area (TPSA) is 70.7 Å². The first-order valence-electron chi connectivity index (χ1n) is 15.2. The lowest BCUT2D eigenvalue weighted by molar-refractivity contribution is 0.0487. The first kappa shape index (κ1) is 29.1. The minimum Gasteiger partial charge on any atom is -0.467 e. The van der Waals surface area contributed by atoms with Crippen molar-refractivity contribution in [1.82, 2.24) is 19.8 Å². The van der Waals surface area contributed by atoms with Gasteiger partial charge in [-0.3, -0.25) is 4.79 Å². The predicted molar refractivity (Wildman–Crippen MR) is 168 cm³/mol. The molecule has 0 saturated carbocycles. The molecule has 1 aromatic heterocycles. The predicted octanol–water partition coefficient (Wildman–Crippen LogP) is 7.05. The van der Waals surface area contributed by atoms with E-state index < -0.39 is 23.6 Å². The second kappa shape index (κ2) is 12.1. The number of aromatic amines is 1. The van der Waals surface area contributed by atoms with Crippen molar-refractivity contribution < 1.29 is 23.0 Å². The zero-order valence-electron chi connectivity index (χ0n) is 25.2. The van der Waals surface area contributed by atoms with Gasteiger partial charge in [-0.15, -0.1) is 0 Å². The van der Waals surface area contributed by atoms with Crippen molar-refractivity contribution in [3.63, 3.8) is 0 Å². The number of rotatable bonds is 8. The number of H-pyrrole nitrogens is 1. The van der Waals surface area contributed by atoms with Gasteiger partial charge in [0.1, 0.15) is 29.3 Å². The number of carbonyl (C=O) groups excluding carboxylic acids is 1. The number of nitrogens with zero attached hydrogens (tertiary/aromatic N) is 3. The SMILES string of the molecule is COCOc1ccc(F)cc1C(c1nc2ccccc2[nH]1)N1Cc2ccc(-c3ccc(C4CCN(C)CC4)cc3)c(F)c2C1=O. The first-order valence-corrected chi connectivity index (χ1v) is 15.2. The summed E-state index contributed by atoms with van der Waals surface area (Å²) >= 11 is 0. The lowest BCUT2D eigenvalue weighted by Gasteiger charge is -2.29. The fraction of sp³-hybridized carbons (Fsp3) is 0.278. The molecule has 4 aromatic carbocycles. The van der Waals surface area contributed by atoms with Gasteiger partial charge in [0, 0.05) is 24.8 Å². The van der Waals surface area contributed by atoms with Crippen LogP contribution in [0.5, 0.6) is 5.75 Å². The number of amides is 1. The number of benzene rings is 4.